The maximum Gasteiger partial charge on any atom is 0.328 e. The van der Waals surface area contributed by atoms with Crippen molar-refractivity contribution < 1.29 is 30.1 Å². The van der Waals surface area contributed by atoms with E-state index in [4.69, 9.17) is 16.6 Å². The van der Waals surface area contributed by atoms with Crippen molar-refractivity contribution >= 4 is 29.6 Å². The lowest BCUT2D eigenvalue weighted by molar-refractivity contribution is -0.149. The molecule has 0 unspecified atom stereocenters. The normalized spacial score (nSPS) is 12.9. The Hall–Kier alpha value is -3.96. The second-order valence-corrected chi connectivity index (χ2v) is 8.68. The van der Waals surface area contributed by atoms with Gasteiger partial charge in [-0.1, -0.05) is 13.8 Å². The number of nitrogens with zero attached hydrogens (tertiary/aromatic N) is 3. The first-order chi connectivity index (χ1) is 17.9. The molecule has 2 heterocycles. The summed E-state index contributed by atoms with van der Waals surface area (Å²) in [7, 11) is 0. The molecule has 0 radical (unpaired) electrons. The first-order valence-electron chi connectivity index (χ1n) is 12.6. The van der Waals surface area contributed by atoms with E-state index in [-0.39, 0.29) is 31.6 Å². The Morgan fingerprint density at radius 3 is 2.38 bits per heavy atom. The number of anilines is 1. The summed E-state index contributed by atoms with van der Waals surface area (Å²) in [6.45, 7) is 10.2. The number of nitrogens with one attached hydrogen (secondary N) is 2. The number of carbonyl (C=O) groups excluding carboxylic acids is 4. The van der Waals surface area contributed by atoms with Crippen LogP contribution < -0.4 is 16.4 Å². The molecule has 2 aromatic rings. The van der Waals surface area contributed by atoms with Gasteiger partial charge in [-0.3, -0.25) is 14.4 Å². The predicted molar refractivity (Wildman–Crippen MR) is 136 cm³/mol. The second-order valence-electron chi connectivity index (χ2n) is 8.68. The molecule has 2 atom stereocenters. The maximum absolute atomic E-state index is 13.5. The van der Waals surface area contributed by atoms with Gasteiger partial charge in [0.25, 0.3) is 5.91 Å². The van der Waals surface area contributed by atoms with Crippen molar-refractivity contribution in [1.82, 2.24) is 25.4 Å². The van der Waals surface area contributed by atoms with Gasteiger partial charge in [0.15, 0.2) is 1.41 Å². The number of hydrogen-bond donors (Lipinski definition) is 3. The van der Waals surface area contributed by atoms with E-state index in [1.807, 2.05) is 0 Å². The number of aryl methyl sites for hydroxylation is 1. The molecule has 12 nitrogen and oxygen atoms in total. The highest BCUT2D eigenvalue weighted by Crippen LogP contribution is 2.19. The van der Waals surface area contributed by atoms with Crippen LogP contribution in [0.5, 0.6) is 0 Å². The third-order valence-electron chi connectivity index (χ3n) is 5.51. The Labute approximate surface area is 217 Å². The number of rotatable bonds is 12. The molecule has 0 bridgehead atoms. The Morgan fingerprint density at radius 1 is 1.14 bits per heavy atom. The van der Waals surface area contributed by atoms with Crippen LogP contribution in [0.4, 0.5) is 5.82 Å². The van der Waals surface area contributed by atoms with Crippen LogP contribution >= 0.6 is 0 Å². The lowest BCUT2D eigenvalue weighted by Crippen LogP contribution is -2.54. The number of nitrogens with two attached hydrogens (primary N) is 1. The van der Waals surface area contributed by atoms with Crippen LogP contribution in [0.15, 0.2) is 18.3 Å². The number of amides is 2. The van der Waals surface area contributed by atoms with Crippen LogP contribution in [0, 0.1) is 19.8 Å². The third-order valence-corrected chi connectivity index (χ3v) is 5.51. The molecular formula is C25H36N6O6. The van der Waals surface area contributed by atoms with Gasteiger partial charge in [-0.25, -0.2) is 14.5 Å². The molecule has 0 aromatic carbocycles. The van der Waals surface area contributed by atoms with Gasteiger partial charge in [0.1, 0.15) is 17.9 Å². The van der Waals surface area contributed by atoms with Crippen molar-refractivity contribution in [1.29, 1.82) is 0 Å². The van der Waals surface area contributed by atoms with Crippen LogP contribution in [0.1, 0.15) is 62.3 Å². The monoisotopic (exact) mass is 517 g/mol. The molecule has 202 valence electrons. The number of carbonyl (C=O) groups is 4. The van der Waals surface area contributed by atoms with Crippen LogP contribution in [0.25, 0.3) is 5.69 Å². The van der Waals surface area contributed by atoms with Crippen molar-refractivity contribution in [2.24, 2.45) is 5.92 Å². The average molecular weight is 518 g/mol. The van der Waals surface area contributed by atoms with Crippen molar-refractivity contribution in [3.63, 3.8) is 0 Å². The van der Waals surface area contributed by atoms with Gasteiger partial charge < -0.3 is 25.8 Å². The first kappa shape index (κ1) is 27.6. The molecule has 37 heavy (non-hydrogen) atoms. The number of hydrogen-bond acceptors (Lipinski definition) is 9. The van der Waals surface area contributed by atoms with Gasteiger partial charge in [-0.05, 0) is 52.2 Å². The summed E-state index contributed by atoms with van der Waals surface area (Å²) >= 11 is 0. The van der Waals surface area contributed by atoms with Gasteiger partial charge in [0, 0.05) is 6.42 Å². The molecule has 0 fully saturated rings. The predicted octanol–water partition coefficient (Wildman–Crippen LogP) is 1.61. The number of aromatic nitrogens is 3. The second kappa shape index (κ2) is 13.4. The fourth-order valence-corrected chi connectivity index (χ4v) is 3.67. The third kappa shape index (κ3) is 7.76. The van der Waals surface area contributed by atoms with Crippen molar-refractivity contribution in [2.45, 2.75) is 66.5 Å². The number of pyridine rings is 1. The highest BCUT2D eigenvalue weighted by molar-refractivity contribution is 6.00. The highest BCUT2D eigenvalue weighted by Gasteiger charge is 2.31. The standard InChI is InChI=1S/C25H36N6O6/c1-7-36-20(32)12-10-18(25(35)37-8-2)28-24(34)22(14(3)4)29-23(33)21-15(5)30-31(16(21)6)17-9-11-19(26)27-13-17/h9,11,13-14,18,22H,7-8,10,12H2,1-6H3,(H2,26,27)(H,28,34)(H,29,33)/t18-,22-/m0/s1/i/hD. The quantitative estimate of drug-likeness (QED) is 0.354. The smallest absolute Gasteiger partial charge is 0.328 e. The molecule has 2 aromatic heterocycles. The molecule has 4 N–H and O–H groups in total. The topological polar surface area (TPSA) is 168 Å². The zero-order chi connectivity index (χ0) is 28.6. The van der Waals surface area contributed by atoms with Crippen LogP contribution in [-0.4, -0.2) is 63.8 Å². The van der Waals surface area contributed by atoms with Gasteiger partial charge in [0.2, 0.25) is 5.91 Å². The minimum Gasteiger partial charge on any atom is -0.466 e. The number of esters is 2. The largest absolute Gasteiger partial charge is 0.466 e. The fourth-order valence-electron chi connectivity index (χ4n) is 3.67. The van der Waals surface area contributed by atoms with Crippen LogP contribution in [-0.2, 0) is 23.9 Å². The molecule has 0 aliphatic heterocycles. The van der Waals surface area contributed by atoms with Crippen molar-refractivity contribution in [3.8, 4) is 5.69 Å². The van der Waals surface area contributed by atoms with E-state index in [1.54, 1.807) is 53.7 Å². The van der Waals surface area contributed by atoms with E-state index in [2.05, 4.69) is 15.4 Å². The Morgan fingerprint density at radius 2 is 1.81 bits per heavy atom. The zero-order valence-electron chi connectivity index (χ0n) is 23.1. The molecule has 0 spiro atoms. The maximum atomic E-state index is 13.5. The molecular weight excluding hydrogens is 480 g/mol. The molecule has 0 saturated heterocycles. The van der Waals surface area contributed by atoms with Gasteiger partial charge >= 0.3 is 11.9 Å². The molecule has 12 heteroatoms. The molecule has 2 amide bonds. The van der Waals surface area contributed by atoms with Gasteiger partial charge in [-0.15, -0.1) is 0 Å². The minimum absolute atomic E-state index is 0.0548. The summed E-state index contributed by atoms with van der Waals surface area (Å²) < 4.78 is 20.0. The van der Waals surface area contributed by atoms with Crippen LogP contribution in [0.2, 0.25) is 1.41 Å². The summed E-state index contributed by atoms with van der Waals surface area (Å²) in [6.07, 6.45) is 1.34. The molecule has 2 rings (SSSR count). The zero-order valence-corrected chi connectivity index (χ0v) is 22.1. The summed E-state index contributed by atoms with van der Waals surface area (Å²) in [5.74, 6) is -2.86. The fraction of sp³-hybridized carbons (Fsp3) is 0.520. The SMILES string of the molecule is [2H]N(C(=O)c1c(C)nn(-c2ccc(N)nc2)c1C)[C@H](C(=O)N[C@@H](CCC(=O)OCC)C(=O)OCC)C(C)C. The lowest BCUT2D eigenvalue weighted by Gasteiger charge is -2.25. The molecule has 0 saturated carbocycles. The van der Waals surface area contributed by atoms with E-state index in [0.29, 0.717) is 28.2 Å². The summed E-state index contributed by atoms with van der Waals surface area (Å²) in [4.78, 5) is 55.1. The van der Waals surface area contributed by atoms with E-state index in [0.717, 1.165) is 0 Å². The van der Waals surface area contributed by atoms with Crippen molar-refractivity contribution in [2.75, 3.05) is 18.9 Å². The number of nitrogen functional groups attached to an aromatic ring is 1. The summed E-state index contributed by atoms with van der Waals surface area (Å²) in [5.41, 5.74) is 7.22. The highest BCUT2D eigenvalue weighted by atomic mass is 16.5. The van der Waals surface area contributed by atoms with Crippen molar-refractivity contribution in [3.05, 3.63) is 35.3 Å². The summed E-state index contributed by atoms with van der Waals surface area (Å²) in [5, 5.41) is 7.56. The Bertz CT molecular complexity index is 1150. The van der Waals surface area contributed by atoms with E-state index in [1.165, 1.54) is 10.9 Å². The first-order valence-corrected chi connectivity index (χ1v) is 12.2. The molecule has 0 aliphatic carbocycles. The number of ether oxygens (including phenoxy) is 2. The van der Waals surface area contributed by atoms with Gasteiger partial charge in [0.05, 0.1) is 42.0 Å². The lowest BCUT2D eigenvalue weighted by atomic mass is 10.0. The summed E-state index contributed by atoms with van der Waals surface area (Å²) in [6, 6.07) is 0.902. The van der Waals surface area contributed by atoms with E-state index in [9.17, 15) is 19.2 Å². The Balaban J connectivity index is 2.30. The average Bonchev–Trinajstić information content (AvgIpc) is 3.15. The minimum atomic E-state index is -1.25. The van der Waals surface area contributed by atoms with Gasteiger partial charge in [-0.2, -0.15) is 5.10 Å². The van der Waals surface area contributed by atoms with Crippen LogP contribution in [0.3, 0.4) is 0 Å². The van der Waals surface area contributed by atoms with E-state index >= 15 is 0 Å². The Kier molecular flexibility index (Phi) is 9.99. The molecule has 0 aliphatic rings. The van der Waals surface area contributed by atoms with E-state index < -0.39 is 41.8 Å².